The van der Waals surface area contributed by atoms with Gasteiger partial charge in [-0.25, -0.2) is 0 Å². The molecule has 0 rings (SSSR count). The summed E-state index contributed by atoms with van der Waals surface area (Å²) in [5.74, 6) is -0.846. The number of carbonyl (C=O) groups excluding carboxylic acids is 3. The molecular formula is C49H94O6. The zero-order chi connectivity index (χ0) is 40.1. The standard InChI is InChI=1S/C49H94O6/c1-4-7-10-13-16-19-22-24-26-27-30-33-36-39-42-48(51)54-45-46(44-53-47(50)41-38-35-32-29-21-18-15-12-9-6-3)55-49(52)43-40-37-34-31-28-25-23-20-17-14-11-8-5-2/h46H,4-45H2,1-3H3. The van der Waals surface area contributed by atoms with Crippen molar-refractivity contribution in [2.45, 2.75) is 284 Å². The maximum Gasteiger partial charge on any atom is 0.306 e. The zero-order valence-electron chi connectivity index (χ0n) is 37.2. The van der Waals surface area contributed by atoms with Crippen molar-refractivity contribution in [3.05, 3.63) is 0 Å². The van der Waals surface area contributed by atoms with E-state index in [0.29, 0.717) is 19.3 Å². The number of carbonyl (C=O) groups is 3. The highest BCUT2D eigenvalue weighted by Gasteiger charge is 2.19. The number of hydrogen-bond donors (Lipinski definition) is 0. The molecule has 0 saturated carbocycles. The SMILES string of the molecule is CCCCCCCCCCCCCCCCC(=O)OCC(COC(=O)CCCCCCCCCCCC)OC(=O)CCCCCCCCCCCCCCC. The molecule has 0 aromatic rings. The van der Waals surface area contributed by atoms with Crippen LogP contribution in [0, 0.1) is 0 Å². The minimum Gasteiger partial charge on any atom is -0.462 e. The molecule has 0 fully saturated rings. The largest absolute Gasteiger partial charge is 0.462 e. The maximum atomic E-state index is 12.7. The molecule has 326 valence electrons. The summed E-state index contributed by atoms with van der Waals surface area (Å²) >= 11 is 0. The highest BCUT2D eigenvalue weighted by Crippen LogP contribution is 2.16. The fourth-order valence-electron chi connectivity index (χ4n) is 7.38. The summed E-state index contributed by atoms with van der Waals surface area (Å²) in [6.07, 6.45) is 46.5. The Balaban J connectivity index is 4.30. The van der Waals surface area contributed by atoms with E-state index >= 15 is 0 Å². The summed E-state index contributed by atoms with van der Waals surface area (Å²) in [5.41, 5.74) is 0. The summed E-state index contributed by atoms with van der Waals surface area (Å²) in [6.45, 7) is 6.66. The molecule has 0 amide bonds. The van der Waals surface area contributed by atoms with E-state index in [1.54, 1.807) is 0 Å². The van der Waals surface area contributed by atoms with Crippen LogP contribution in [-0.4, -0.2) is 37.2 Å². The number of esters is 3. The van der Waals surface area contributed by atoms with Crippen LogP contribution < -0.4 is 0 Å². The lowest BCUT2D eigenvalue weighted by Gasteiger charge is -2.18. The predicted octanol–water partition coefficient (Wildman–Crippen LogP) is 15.6. The number of unbranched alkanes of at least 4 members (excludes halogenated alkanes) is 34. The van der Waals surface area contributed by atoms with Crippen LogP contribution >= 0.6 is 0 Å². The summed E-state index contributed by atoms with van der Waals surface area (Å²) in [5, 5.41) is 0. The van der Waals surface area contributed by atoms with Gasteiger partial charge < -0.3 is 14.2 Å². The number of hydrogen-bond acceptors (Lipinski definition) is 6. The van der Waals surface area contributed by atoms with E-state index in [9.17, 15) is 14.4 Å². The van der Waals surface area contributed by atoms with Gasteiger partial charge in [-0.3, -0.25) is 14.4 Å². The van der Waals surface area contributed by atoms with E-state index in [0.717, 1.165) is 57.8 Å². The predicted molar refractivity (Wildman–Crippen MR) is 233 cm³/mol. The maximum absolute atomic E-state index is 12.7. The van der Waals surface area contributed by atoms with E-state index in [4.69, 9.17) is 14.2 Å². The molecule has 0 aromatic heterocycles. The van der Waals surface area contributed by atoms with E-state index < -0.39 is 6.10 Å². The van der Waals surface area contributed by atoms with Crippen molar-refractivity contribution in [2.24, 2.45) is 0 Å². The van der Waals surface area contributed by atoms with Gasteiger partial charge in [0.1, 0.15) is 13.2 Å². The molecule has 55 heavy (non-hydrogen) atoms. The van der Waals surface area contributed by atoms with Gasteiger partial charge in [-0.2, -0.15) is 0 Å². The fraction of sp³-hybridized carbons (Fsp3) is 0.939. The monoisotopic (exact) mass is 779 g/mol. The summed E-state index contributed by atoms with van der Waals surface area (Å²) < 4.78 is 16.8. The molecule has 0 aromatic carbocycles. The van der Waals surface area contributed by atoms with Gasteiger partial charge in [-0.15, -0.1) is 0 Å². The van der Waals surface area contributed by atoms with E-state index in [2.05, 4.69) is 20.8 Å². The van der Waals surface area contributed by atoms with Crippen LogP contribution in [0.3, 0.4) is 0 Å². The molecule has 1 atom stereocenters. The second-order valence-corrected chi connectivity index (χ2v) is 16.7. The van der Waals surface area contributed by atoms with Crippen LogP contribution in [0.5, 0.6) is 0 Å². The van der Waals surface area contributed by atoms with Crippen molar-refractivity contribution < 1.29 is 28.6 Å². The van der Waals surface area contributed by atoms with Crippen LogP contribution in [0.1, 0.15) is 278 Å². The van der Waals surface area contributed by atoms with Gasteiger partial charge in [0.2, 0.25) is 0 Å². The minimum absolute atomic E-state index is 0.0622. The Labute approximate surface area is 342 Å². The van der Waals surface area contributed by atoms with Crippen molar-refractivity contribution >= 4 is 17.9 Å². The zero-order valence-corrected chi connectivity index (χ0v) is 37.2. The second-order valence-electron chi connectivity index (χ2n) is 16.7. The van der Waals surface area contributed by atoms with Crippen molar-refractivity contribution in [1.82, 2.24) is 0 Å². The van der Waals surface area contributed by atoms with E-state index in [1.807, 2.05) is 0 Å². The number of ether oxygens (including phenoxy) is 3. The van der Waals surface area contributed by atoms with Crippen molar-refractivity contribution in [1.29, 1.82) is 0 Å². The molecule has 1 unspecified atom stereocenters. The smallest absolute Gasteiger partial charge is 0.306 e. The third kappa shape index (κ3) is 43.4. The second kappa shape index (κ2) is 45.1. The molecule has 0 heterocycles. The topological polar surface area (TPSA) is 78.9 Å². The van der Waals surface area contributed by atoms with Crippen LogP contribution in [0.4, 0.5) is 0 Å². The Bertz CT molecular complexity index is 813. The van der Waals surface area contributed by atoms with Crippen molar-refractivity contribution in [2.75, 3.05) is 13.2 Å². The van der Waals surface area contributed by atoms with Crippen molar-refractivity contribution in [3.63, 3.8) is 0 Å². The third-order valence-electron chi connectivity index (χ3n) is 11.1. The average Bonchev–Trinajstić information content (AvgIpc) is 3.18. The summed E-state index contributed by atoms with van der Waals surface area (Å²) in [7, 11) is 0. The average molecular weight is 779 g/mol. The summed E-state index contributed by atoms with van der Waals surface area (Å²) in [6, 6.07) is 0. The fourth-order valence-corrected chi connectivity index (χ4v) is 7.38. The molecule has 0 aliphatic rings. The van der Waals surface area contributed by atoms with Crippen LogP contribution in [0.15, 0.2) is 0 Å². The van der Waals surface area contributed by atoms with Gasteiger partial charge in [0, 0.05) is 19.3 Å². The lowest BCUT2D eigenvalue weighted by molar-refractivity contribution is -0.167. The third-order valence-corrected chi connectivity index (χ3v) is 11.1. The van der Waals surface area contributed by atoms with Gasteiger partial charge in [-0.1, -0.05) is 239 Å². The molecule has 0 aliphatic heterocycles. The lowest BCUT2D eigenvalue weighted by atomic mass is 10.0. The van der Waals surface area contributed by atoms with Gasteiger partial charge in [0.05, 0.1) is 0 Å². The molecule has 0 N–H and O–H groups in total. The van der Waals surface area contributed by atoms with Gasteiger partial charge in [0.15, 0.2) is 6.10 Å². The molecule has 0 spiro atoms. The van der Waals surface area contributed by atoms with E-state index in [-0.39, 0.29) is 31.1 Å². The first-order valence-corrected chi connectivity index (χ1v) is 24.5. The van der Waals surface area contributed by atoms with Crippen LogP contribution in [0.2, 0.25) is 0 Å². The highest BCUT2D eigenvalue weighted by molar-refractivity contribution is 5.71. The molecule has 0 bridgehead atoms. The first-order chi connectivity index (χ1) is 27.0. The van der Waals surface area contributed by atoms with Crippen molar-refractivity contribution in [3.8, 4) is 0 Å². The first kappa shape index (κ1) is 53.4. The molecule has 0 radical (unpaired) electrons. The Morgan fingerprint density at radius 1 is 0.291 bits per heavy atom. The highest BCUT2D eigenvalue weighted by atomic mass is 16.6. The quantitative estimate of drug-likeness (QED) is 0.0348. The molecular weight excluding hydrogens is 685 g/mol. The molecule has 0 saturated heterocycles. The summed E-state index contributed by atoms with van der Waals surface area (Å²) in [4.78, 5) is 37.8. The van der Waals surface area contributed by atoms with E-state index in [1.165, 1.54) is 180 Å². The molecule has 0 aliphatic carbocycles. The Hall–Kier alpha value is -1.59. The van der Waals surface area contributed by atoms with Crippen LogP contribution in [0.25, 0.3) is 0 Å². The minimum atomic E-state index is -0.758. The lowest BCUT2D eigenvalue weighted by Crippen LogP contribution is -2.30. The Morgan fingerprint density at radius 3 is 0.727 bits per heavy atom. The molecule has 6 nitrogen and oxygen atoms in total. The van der Waals surface area contributed by atoms with Gasteiger partial charge in [0.25, 0.3) is 0 Å². The Morgan fingerprint density at radius 2 is 0.491 bits per heavy atom. The Kier molecular flexibility index (Phi) is 43.8. The first-order valence-electron chi connectivity index (χ1n) is 24.5. The van der Waals surface area contributed by atoms with Gasteiger partial charge >= 0.3 is 17.9 Å². The normalized spacial score (nSPS) is 11.8. The molecule has 6 heteroatoms. The van der Waals surface area contributed by atoms with Crippen LogP contribution in [-0.2, 0) is 28.6 Å². The number of rotatable bonds is 45. The van der Waals surface area contributed by atoms with Gasteiger partial charge in [-0.05, 0) is 19.3 Å².